The van der Waals surface area contributed by atoms with Gasteiger partial charge in [-0.2, -0.15) is 5.10 Å². The van der Waals surface area contributed by atoms with E-state index in [0.29, 0.717) is 6.04 Å². The number of nitrogens with zero attached hydrogens (tertiary/aromatic N) is 2. The van der Waals surface area contributed by atoms with Crippen LogP contribution in [0.4, 0.5) is 0 Å². The van der Waals surface area contributed by atoms with Gasteiger partial charge in [-0.25, -0.2) is 0 Å². The van der Waals surface area contributed by atoms with E-state index in [1.54, 1.807) is 7.11 Å². The molecule has 0 saturated heterocycles. The molecule has 0 aliphatic carbocycles. The molecule has 0 aliphatic rings. The summed E-state index contributed by atoms with van der Waals surface area (Å²) in [4.78, 5) is 0. The molecule has 0 amide bonds. The van der Waals surface area contributed by atoms with E-state index in [2.05, 4.69) is 35.0 Å². The number of ether oxygens (including phenoxy) is 1. The Hall–Kier alpha value is -0.870. The Kier molecular flexibility index (Phi) is 6.11. The Balaban J connectivity index is 2.33. The van der Waals surface area contributed by atoms with E-state index in [-0.39, 0.29) is 0 Å². The number of aromatic nitrogens is 2. The second kappa shape index (κ2) is 7.41. The highest BCUT2D eigenvalue weighted by Crippen LogP contribution is 2.11. The predicted molar refractivity (Wildman–Crippen MR) is 65.4 cm³/mol. The first-order valence-electron chi connectivity index (χ1n) is 6.01. The average Bonchev–Trinajstić information content (AvgIpc) is 2.76. The minimum absolute atomic E-state index is 0.478. The van der Waals surface area contributed by atoms with Crippen molar-refractivity contribution in [2.24, 2.45) is 0 Å². The van der Waals surface area contributed by atoms with Crippen molar-refractivity contribution in [1.82, 2.24) is 15.1 Å². The molecule has 1 atom stereocenters. The van der Waals surface area contributed by atoms with Crippen molar-refractivity contribution in [3.05, 3.63) is 18.0 Å². The molecule has 4 nitrogen and oxygen atoms in total. The van der Waals surface area contributed by atoms with E-state index < -0.39 is 0 Å². The highest BCUT2D eigenvalue weighted by atomic mass is 16.5. The Morgan fingerprint density at radius 1 is 1.56 bits per heavy atom. The molecular weight excluding hydrogens is 202 g/mol. The summed E-state index contributed by atoms with van der Waals surface area (Å²) < 4.78 is 7.10. The molecule has 0 radical (unpaired) electrons. The van der Waals surface area contributed by atoms with Crippen molar-refractivity contribution in [3.8, 4) is 0 Å². The van der Waals surface area contributed by atoms with Crippen LogP contribution in [0.3, 0.4) is 0 Å². The molecule has 0 spiro atoms. The predicted octanol–water partition coefficient (Wildman–Crippen LogP) is 1.98. The SMILES string of the molecule is CCC(C)n1nccc1CNCCCOC. The standard InChI is InChI=1S/C12H23N3O/c1-4-11(2)15-12(6-8-14-15)10-13-7-5-9-16-3/h6,8,11,13H,4-5,7,9-10H2,1-3H3. The summed E-state index contributed by atoms with van der Waals surface area (Å²) in [5.41, 5.74) is 1.26. The van der Waals surface area contributed by atoms with Gasteiger partial charge in [-0.1, -0.05) is 6.92 Å². The number of nitrogens with one attached hydrogen (secondary N) is 1. The van der Waals surface area contributed by atoms with Gasteiger partial charge >= 0.3 is 0 Å². The fourth-order valence-corrected chi connectivity index (χ4v) is 1.61. The van der Waals surface area contributed by atoms with Gasteiger partial charge in [0.25, 0.3) is 0 Å². The van der Waals surface area contributed by atoms with E-state index in [1.807, 2.05) is 6.20 Å². The van der Waals surface area contributed by atoms with Gasteiger partial charge in [0.05, 0.1) is 5.69 Å². The first kappa shape index (κ1) is 13.2. The lowest BCUT2D eigenvalue weighted by Gasteiger charge is -2.14. The molecule has 1 heterocycles. The summed E-state index contributed by atoms with van der Waals surface area (Å²) in [5.74, 6) is 0. The van der Waals surface area contributed by atoms with Crippen molar-refractivity contribution in [1.29, 1.82) is 0 Å². The Morgan fingerprint density at radius 3 is 3.06 bits per heavy atom. The maximum absolute atomic E-state index is 5.00. The zero-order valence-electron chi connectivity index (χ0n) is 10.6. The topological polar surface area (TPSA) is 39.1 Å². The van der Waals surface area contributed by atoms with E-state index in [1.165, 1.54) is 5.69 Å². The smallest absolute Gasteiger partial charge is 0.0525 e. The van der Waals surface area contributed by atoms with E-state index in [0.717, 1.165) is 32.5 Å². The van der Waals surface area contributed by atoms with Gasteiger partial charge in [0.1, 0.15) is 0 Å². The molecule has 16 heavy (non-hydrogen) atoms. The largest absolute Gasteiger partial charge is 0.385 e. The minimum atomic E-state index is 0.478. The van der Waals surface area contributed by atoms with Crippen LogP contribution in [0.2, 0.25) is 0 Å². The van der Waals surface area contributed by atoms with Gasteiger partial charge < -0.3 is 10.1 Å². The summed E-state index contributed by atoms with van der Waals surface area (Å²) >= 11 is 0. The Bertz CT molecular complexity index is 286. The van der Waals surface area contributed by atoms with Gasteiger partial charge in [0.2, 0.25) is 0 Å². The number of hydrogen-bond donors (Lipinski definition) is 1. The van der Waals surface area contributed by atoms with Crippen LogP contribution in [-0.4, -0.2) is 30.0 Å². The highest BCUT2D eigenvalue weighted by molar-refractivity contribution is 5.01. The van der Waals surface area contributed by atoms with Crippen molar-refractivity contribution in [3.63, 3.8) is 0 Å². The molecular formula is C12H23N3O. The first-order valence-corrected chi connectivity index (χ1v) is 6.01. The van der Waals surface area contributed by atoms with Crippen LogP contribution in [0.15, 0.2) is 12.3 Å². The minimum Gasteiger partial charge on any atom is -0.385 e. The molecule has 1 N–H and O–H groups in total. The third kappa shape index (κ3) is 3.94. The zero-order valence-corrected chi connectivity index (χ0v) is 10.6. The molecule has 0 bridgehead atoms. The van der Waals surface area contributed by atoms with E-state index in [4.69, 9.17) is 4.74 Å². The molecule has 0 aliphatic heterocycles. The first-order chi connectivity index (χ1) is 7.79. The van der Waals surface area contributed by atoms with Gasteiger partial charge in [-0.15, -0.1) is 0 Å². The fourth-order valence-electron chi connectivity index (χ4n) is 1.61. The third-order valence-electron chi connectivity index (χ3n) is 2.77. The van der Waals surface area contributed by atoms with Gasteiger partial charge in [0.15, 0.2) is 0 Å². The number of rotatable bonds is 8. The van der Waals surface area contributed by atoms with Crippen molar-refractivity contribution in [2.75, 3.05) is 20.3 Å². The van der Waals surface area contributed by atoms with Crippen LogP contribution in [0, 0.1) is 0 Å². The van der Waals surface area contributed by atoms with Crippen LogP contribution in [0.25, 0.3) is 0 Å². The normalized spacial score (nSPS) is 12.9. The van der Waals surface area contributed by atoms with Crippen LogP contribution >= 0.6 is 0 Å². The monoisotopic (exact) mass is 225 g/mol. The average molecular weight is 225 g/mol. The van der Waals surface area contributed by atoms with Crippen LogP contribution in [0.5, 0.6) is 0 Å². The molecule has 1 unspecified atom stereocenters. The molecule has 0 saturated carbocycles. The quantitative estimate of drug-likeness (QED) is 0.688. The van der Waals surface area contributed by atoms with Crippen molar-refractivity contribution < 1.29 is 4.74 Å². The summed E-state index contributed by atoms with van der Waals surface area (Å²) in [5, 5.41) is 7.76. The van der Waals surface area contributed by atoms with Gasteiger partial charge in [-0.3, -0.25) is 4.68 Å². The third-order valence-corrected chi connectivity index (χ3v) is 2.77. The molecule has 1 aromatic rings. The van der Waals surface area contributed by atoms with Crippen LogP contribution in [-0.2, 0) is 11.3 Å². The molecule has 92 valence electrons. The molecule has 1 aromatic heterocycles. The Morgan fingerprint density at radius 2 is 2.38 bits per heavy atom. The van der Waals surface area contributed by atoms with E-state index in [9.17, 15) is 0 Å². The lowest BCUT2D eigenvalue weighted by Crippen LogP contribution is -2.20. The lowest BCUT2D eigenvalue weighted by molar-refractivity contribution is 0.194. The maximum Gasteiger partial charge on any atom is 0.0525 e. The van der Waals surface area contributed by atoms with Crippen LogP contribution < -0.4 is 5.32 Å². The molecule has 0 aromatic carbocycles. The number of hydrogen-bond acceptors (Lipinski definition) is 3. The summed E-state index contributed by atoms with van der Waals surface area (Å²) in [7, 11) is 1.73. The van der Waals surface area contributed by atoms with Crippen molar-refractivity contribution >= 4 is 0 Å². The molecule has 4 heteroatoms. The summed E-state index contributed by atoms with van der Waals surface area (Å²) in [6, 6.07) is 2.56. The van der Waals surface area contributed by atoms with Crippen molar-refractivity contribution in [2.45, 2.75) is 39.3 Å². The Labute approximate surface area is 98.0 Å². The second-order valence-electron chi connectivity index (χ2n) is 4.05. The summed E-state index contributed by atoms with van der Waals surface area (Å²) in [6.45, 7) is 7.06. The highest BCUT2D eigenvalue weighted by Gasteiger charge is 2.07. The lowest BCUT2D eigenvalue weighted by atomic mass is 10.2. The molecule has 1 rings (SSSR count). The fraction of sp³-hybridized carbons (Fsp3) is 0.750. The van der Waals surface area contributed by atoms with Gasteiger partial charge in [0, 0.05) is 32.5 Å². The van der Waals surface area contributed by atoms with Crippen LogP contribution in [0.1, 0.15) is 38.4 Å². The molecule has 0 fully saturated rings. The maximum atomic E-state index is 5.00. The summed E-state index contributed by atoms with van der Waals surface area (Å²) in [6.07, 6.45) is 4.03. The second-order valence-corrected chi connectivity index (χ2v) is 4.05. The number of methoxy groups -OCH3 is 1. The zero-order chi connectivity index (χ0) is 11.8. The van der Waals surface area contributed by atoms with E-state index >= 15 is 0 Å². The van der Waals surface area contributed by atoms with Gasteiger partial charge in [-0.05, 0) is 32.4 Å².